The fraction of sp³-hybridized carbons (Fsp3) is 0.300. The number of carbonyl (C=O) groups is 1. The second-order valence-electron chi connectivity index (χ2n) is 6.40. The van der Waals surface area contributed by atoms with Gasteiger partial charge in [0.05, 0.1) is 24.4 Å². The molecule has 0 saturated carbocycles. The molecule has 1 fully saturated rings. The van der Waals surface area contributed by atoms with Crippen LogP contribution >= 0.6 is 0 Å². The number of nitrogens with zero attached hydrogens (tertiary/aromatic N) is 4. The molecule has 0 atom stereocenters. The van der Waals surface area contributed by atoms with Crippen LogP contribution in [0.25, 0.3) is 0 Å². The smallest absolute Gasteiger partial charge is 0.293 e. The van der Waals surface area contributed by atoms with Gasteiger partial charge in [-0.1, -0.05) is 29.4 Å². The summed E-state index contributed by atoms with van der Waals surface area (Å²) in [7, 11) is 1.65. The maximum absolute atomic E-state index is 12.1. The Bertz CT molecular complexity index is 882. The molecule has 1 aliphatic rings. The first-order valence-corrected chi connectivity index (χ1v) is 9.14. The SMILES string of the molecule is CN(C(=O)CO/N=C\c1ccc(N2CCOCC2)c([N+](=O)[O-])c1)c1ccccc1. The number of carbonyl (C=O) groups excluding carboxylic acids is 1. The fourth-order valence-corrected chi connectivity index (χ4v) is 2.92. The van der Waals surface area contributed by atoms with Crippen molar-refractivity contribution in [1.82, 2.24) is 0 Å². The van der Waals surface area contributed by atoms with Crippen molar-refractivity contribution in [3.63, 3.8) is 0 Å². The first-order valence-electron chi connectivity index (χ1n) is 9.14. The summed E-state index contributed by atoms with van der Waals surface area (Å²) in [6.07, 6.45) is 1.35. The second kappa shape index (κ2) is 9.65. The summed E-state index contributed by atoms with van der Waals surface area (Å²) >= 11 is 0. The molecule has 29 heavy (non-hydrogen) atoms. The molecule has 0 aromatic heterocycles. The lowest BCUT2D eigenvalue weighted by molar-refractivity contribution is -0.384. The molecule has 9 heteroatoms. The minimum Gasteiger partial charge on any atom is -0.386 e. The van der Waals surface area contributed by atoms with E-state index in [2.05, 4.69) is 5.16 Å². The van der Waals surface area contributed by atoms with E-state index < -0.39 is 4.92 Å². The van der Waals surface area contributed by atoms with E-state index in [1.54, 1.807) is 19.2 Å². The molecule has 1 aliphatic heterocycles. The zero-order valence-corrected chi connectivity index (χ0v) is 16.1. The third-order valence-electron chi connectivity index (χ3n) is 4.53. The molecule has 3 rings (SSSR count). The number of para-hydroxylation sites is 1. The highest BCUT2D eigenvalue weighted by atomic mass is 16.6. The summed E-state index contributed by atoms with van der Waals surface area (Å²) < 4.78 is 5.29. The molecule has 0 radical (unpaired) electrons. The molecule has 0 N–H and O–H groups in total. The largest absolute Gasteiger partial charge is 0.386 e. The normalized spacial score (nSPS) is 14.0. The van der Waals surface area contributed by atoms with Crippen LogP contribution in [0.5, 0.6) is 0 Å². The van der Waals surface area contributed by atoms with Crippen molar-refractivity contribution < 1.29 is 19.3 Å². The minimum atomic E-state index is -0.415. The Labute approximate surface area is 168 Å². The maximum Gasteiger partial charge on any atom is 0.293 e. The Morgan fingerprint density at radius 2 is 2.00 bits per heavy atom. The van der Waals surface area contributed by atoms with E-state index in [1.165, 1.54) is 17.2 Å². The summed E-state index contributed by atoms with van der Waals surface area (Å²) in [6, 6.07) is 14.0. The van der Waals surface area contributed by atoms with E-state index in [0.717, 1.165) is 5.69 Å². The van der Waals surface area contributed by atoms with Crippen LogP contribution < -0.4 is 9.80 Å². The average Bonchev–Trinajstić information content (AvgIpc) is 2.77. The topological polar surface area (TPSA) is 97.5 Å². The average molecular weight is 398 g/mol. The number of rotatable bonds is 7. The van der Waals surface area contributed by atoms with Gasteiger partial charge in [0.15, 0.2) is 6.61 Å². The number of amides is 1. The Morgan fingerprint density at radius 3 is 2.69 bits per heavy atom. The standard InChI is InChI=1S/C20H22N4O5/c1-22(17-5-3-2-4-6-17)20(25)15-29-21-14-16-7-8-18(19(13-16)24(26)27)23-9-11-28-12-10-23/h2-8,13-14H,9-12,15H2,1H3/b21-14-. The van der Waals surface area contributed by atoms with Crippen molar-refractivity contribution in [2.45, 2.75) is 0 Å². The highest BCUT2D eigenvalue weighted by Gasteiger charge is 2.21. The Hall–Kier alpha value is -3.46. The number of anilines is 2. The van der Waals surface area contributed by atoms with Crippen LogP contribution in [0.1, 0.15) is 5.56 Å². The van der Waals surface area contributed by atoms with Crippen molar-refractivity contribution in [2.75, 3.05) is 49.8 Å². The zero-order chi connectivity index (χ0) is 20.6. The van der Waals surface area contributed by atoms with Gasteiger partial charge in [-0.3, -0.25) is 14.9 Å². The van der Waals surface area contributed by atoms with Gasteiger partial charge in [0.2, 0.25) is 0 Å². The number of oxime groups is 1. The third kappa shape index (κ3) is 5.29. The van der Waals surface area contributed by atoms with Crippen LogP contribution in [0, 0.1) is 10.1 Å². The van der Waals surface area contributed by atoms with E-state index in [0.29, 0.717) is 37.6 Å². The fourth-order valence-electron chi connectivity index (χ4n) is 2.92. The lowest BCUT2D eigenvalue weighted by atomic mass is 10.1. The molecule has 2 aromatic carbocycles. The van der Waals surface area contributed by atoms with Gasteiger partial charge in [-0.15, -0.1) is 0 Å². The number of morpholine rings is 1. The lowest BCUT2D eigenvalue weighted by Crippen LogP contribution is -2.36. The van der Waals surface area contributed by atoms with Crippen LogP contribution in [0.4, 0.5) is 17.1 Å². The van der Waals surface area contributed by atoms with E-state index in [-0.39, 0.29) is 18.2 Å². The van der Waals surface area contributed by atoms with Crippen LogP contribution in [0.3, 0.4) is 0 Å². The van der Waals surface area contributed by atoms with Crippen molar-refractivity contribution in [3.8, 4) is 0 Å². The van der Waals surface area contributed by atoms with Crippen LogP contribution in [-0.2, 0) is 14.4 Å². The van der Waals surface area contributed by atoms with Gasteiger partial charge in [-0.25, -0.2) is 0 Å². The number of nitro groups is 1. The van der Waals surface area contributed by atoms with Gasteiger partial charge in [0, 0.05) is 37.5 Å². The van der Waals surface area contributed by atoms with Crippen LogP contribution in [-0.4, -0.2) is 57.0 Å². The van der Waals surface area contributed by atoms with Crippen molar-refractivity contribution in [2.24, 2.45) is 5.16 Å². The molecular formula is C20H22N4O5. The van der Waals surface area contributed by atoms with E-state index in [9.17, 15) is 14.9 Å². The van der Waals surface area contributed by atoms with Crippen LogP contribution in [0.15, 0.2) is 53.7 Å². The molecule has 0 spiro atoms. The lowest BCUT2D eigenvalue weighted by Gasteiger charge is -2.28. The van der Waals surface area contributed by atoms with Gasteiger partial charge >= 0.3 is 0 Å². The molecule has 2 aromatic rings. The molecule has 1 saturated heterocycles. The third-order valence-corrected chi connectivity index (χ3v) is 4.53. The van der Waals surface area contributed by atoms with Crippen molar-refractivity contribution in [3.05, 3.63) is 64.2 Å². The molecule has 0 aliphatic carbocycles. The quantitative estimate of drug-likeness (QED) is 0.404. The maximum atomic E-state index is 12.1. The predicted octanol–water partition coefficient (Wildman–Crippen LogP) is 2.44. The first kappa shape index (κ1) is 20.3. The highest BCUT2D eigenvalue weighted by Crippen LogP contribution is 2.29. The molecule has 0 unspecified atom stereocenters. The Balaban J connectivity index is 1.61. The second-order valence-corrected chi connectivity index (χ2v) is 6.40. The molecule has 1 amide bonds. The van der Waals surface area contributed by atoms with Gasteiger partial charge in [-0.05, 0) is 18.2 Å². The summed E-state index contributed by atoms with van der Waals surface area (Å²) in [5, 5.41) is 15.2. The van der Waals surface area contributed by atoms with Gasteiger partial charge in [-0.2, -0.15) is 0 Å². The summed E-state index contributed by atoms with van der Waals surface area (Å²) in [5.74, 6) is -0.262. The zero-order valence-electron chi connectivity index (χ0n) is 16.1. The van der Waals surface area contributed by atoms with Crippen LogP contribution in [0.2, 0.25) is 0 Å². The van der Waals surface area contributed by atoms with E-state index in [1.807, 2.05) is 35.2 Å². The summed E-state index contributed by atoms with van der Waals surface area (Å²) in [4.78, 5) is 31.7. The Kier molecular flexibility index (Phi) is 6.75. The highest BCUT2D eigenvalue weighted by molar-refractivity contribution is 5.93. The van der Waals surface area contributed by atoms with E-state index >= 15 is 0 Å². The number of nitro benzene ring substituents is 1. The molecule has 1 heterocycles. The summed E-state index contributed by atoms with van der Waals surface area (Å²) in [6.45, 7) is 2.05. The predicted molar refractivity (Wildman–Crippen MR) is 110 cm³/mol. The number of hydrogen-bond acceptors (Lipinski definition) is 7. The van der Waals surface area contributed by atoms with E-state index in [4.69, 9.17) is 9.57 Å². The van der Waals surface area contributed by atoms with Crippen molar-refractivity contribution in [1.29, 1.82) is 0 Å². The minimum absolute atomic E-state index is 0.00395. The number of benzene rings is 2. The molecular weight excluding hydrogens is 376 g/mol. The monoisotopic (exact) mass is 398 g/mol. The molecule has 0 bridgehead atoms. The van der Waals surface area contributed by atoms with Crippen molar-refractivity contribution >= 4 is 29.2 Å². The Morgan fingerprint density at radius 1 is 1.28 bits per heavy atom. The molecule has 9 nitrogen and oxygen atoms in total. The number of hydrogen-bond donors (Lipinski definition) is 0. The number of likely N-dealkylation sites (N-methyl/N-ethyl adjacent to an activating group) is 1. The van der Waals surface area contributed by atoms with Gasteiger partial charge in [0.25, 0.3) is 11.6 Å². The van der Waals surface area contributed by atoms with Gasteiger partial charge in [0.1, 0.15) is 5.69 Å². The van der Waals surface area contributed by atoms with Gasteiger partial charge < -0.3 is 19.4 Å². The first-order chi connectivity index (χ1) is 14.1. The number of ether oxygens (including phenoxy) is 1. The summed E-state index contributed by atoms with van der Waals surface area (Å²) in [5.41, 5.74) is 1.81. The molecule has 152 valence electrons.